The maximum absolute atomic E-state index is 12.6. The molecule has 0 atom stereocenters. The normalized spacial score (nSPS) is 11.9. The molecule has 0 saturated heterocycles. The molecule has 0 fully saturated rings. The number of ether oxygens (including phenoxy) is 1. The van der Waals surface area contributed by atoms with Crippen LogP contribution in [0.1, 0.15) is 5.69 Å². The Balaban J connectivity index is 1.64. The molecular weight excluding hydrogens is 375 g/mol. The average molecular weight is 389 g/mol. The lowest BCUT2D eigenvalue weighted by atomic mass is 10.1. The van der Waals surface area contributed by atoms with Crippen molar-refractivity contribution < 1.29 is 17.9 Å². The molecule has 0 aliphatic carbocycles. The Morgan fingerprint density at radius 3 is 2.36 bits per heavy atom. The number of nitrogens with zero attached hydrogens (tertiary/aromatic N) is 5. The summed E-state index contributed by atoms with van der Waals surface area (Å²) >= 11 is 0. The second-order valence-electron chi connectivity index (χ2n) is 6.14. The highest BCUT2D eigenvalue weighted by Gasteiger charge is 2.30. The summed E-state index contributed by atoms with van der Waals surface area (Å²) in [7, 11) is 1.78. The fourth-order valence-electron chi connectivity index (χ4n) is 2.84. The number of pyridine rings is 1. The Morgan fingerprint density at radius 1 is 1.00 bits per heavy atom. The predicted molar refractivity (Wildman–Crippen MR) is 93.9 cm³/mol. The smallest absolute Gasteiger partial charge is 0.406 e. The lowest BCUT2D eigenvalue weighted by Crippen LogP contribution is -2.22. The van der Waals surface area contributed by atoms with Gasteiger partial charge in [0.15, 0.2) is 5.65 Å². The zero-order chi connectivity index (χ0) is 19.9. The van der Waals surface area contributed by atoms with Gasteiger partial charge in [0.05, 0.1) is 12.2 Å². The van der Waals surface area contributed by atoms with Crippen LogP contribution in [-0.4, -0.2) is 30.3 Å². The van der Waals surface area contributed by atoms with E-state index in [2.05, 4.69) is 14.9 Å². The molecule has 0 amide bonds. The third kappa shape index (κ3) is 3.61. The second kappa shape index (κ2) is 6.55. The molecule has 144 valence electrons. The first-order valence-electron chi connectivity index (χ1n) is 8.22. The van der Waals surface area contributed by atoms with Crippen molar-refractivity contribution in [2.45, 2.75) is 12.9 Å². The van der Waals surface area contributed by atoms with Crippen molar-refractivity contribution in [3.63, 3.8) is 0 Å². The molecule has 3 heterocycles. The quantitative estimate of drug-likeness (QED) is 0.538. The minimum atomic E-state index is -4.74. The zero-order valence-electron chi connectivity index (χ0n) is 14.6. The van der Waals surface area contributed by atoms with E-state index in [4.69, 9.17) is 0 Å². The molecule has 0 saturated carbocycles. The van der Waals surface area contributed by atoms with Crippen LogP contribution < -0.4 is 10.4 Å². The van der Waals surface area contributed by atoms with Crippen LogP contribution >= 0.6 is 0 Å². The van der Waals surface area contributed by atoms with E-state index in [9.17, 15) is 18.0 Å². The van der Waals surface area contributed by atoms with Gasteiger partial charge in [-0.25, -0.2) is 13.9 Å². The van der Waals surface area contributed by atoms with Crippen LogP contribution in [0.5, 0.6) is 5.75 Å². The molecule has 0 spiro atoms. The summed E-state index contributed by atoms with van der Waals surface area (Å²) in [5.74, 6) is -0.308. The standard InChI is InChI=1S/C18H14F3N5O2/c1-24-9-8-14(22-24)11-26-17(27)25-10-13(4-7-16(25)23-26)12-2-5-15(6-3-12)28-18(19,20)21/h2-10H,11H2,1H3. The number of benzene rings is 1. The van der Waals surface area contributed by atoms with Crippen LogP contribution in [0, 0.1) is 0 Å². The highest BCUT2D eigenvalue weighted by atomic mass is 19.4. The number of fused-ring (bicyclic) bond motifs is 1. The molecule has 10 heteroatoms. The maximum Gasteiger partial charge on any atom is 0.573 e. The molecule has 0 unspecified atom stereocenters. The number of aryl methyl sites for hydroxylation is 1. The van der Waals surface area contributed by atoms with Gasteiger partial charge in [0.2, 0.25) is 0 Å². The topological polar surface area (TPSA) is 66.3 Å². The van der Waals surface area contributed by atoms with E-state index in [1.807, 2.05) is 0 Å². The fraction of sp³-hybridized carbons (Fsp3) is 0.167. The van der Waals surface area contributed by atoms with Gasteiger partial charge in [-0.15, -0.1) is 18.3 Å². The Morgan fingerprint density at radius 2 is 1.71 bits per heavy atom. The largest absolute Gasteiger partial charge is 0.573 e. The van der Waals surface area contributed by atoms with Gasteiger partial charge in [-0.3, -0.25) is 4.68 Å². The molecule has 1 aromatic carbocycles. The van der Waals surface area contributed by atoms with Crippen LogP contribution in [-0.2, 0) is 13.6 Å². The second-order valence-corrected chi connectivity index (χ2v) is 6.14. The molecule has 4 aromatic rings. The number of alkyl halides is 3. The van der Waals surface area contributed by atoms with Crippen LogP contribution in [0.15, 0.2) is 59.7 Å². The van der Waals surface area contributed by atoms with Gasteiger partial charge < -0.3 is 4.74 Å². The minimum absolute atomic E-state index is 0.236. The van der Waals surface area contributed by atoms with Crippen molar-refractivity contribution in [3.8, 4) is 16.9 Å². The molecule has 0 radical (unpaired) electrons. The van der Waals surface area contributed by atoms with E-state index >= 15 is 0 Å². The molecule has 0 aliphatic rings. The first kappa shape index (κ1) is 17.8. The van der Waals surface area contributed by atoms with Crippen molar-refractivity contribution in [2.24, 2.45) is 7.05 Å². The monoisotopic (exact) mass is 389 g/mol. The zero-order valence-corrected chi connectivity index (χ0v) is 14.6. The SMILES string of the molecule is Cn1ccc(Cn2nc3ccc(-c4ccc(OC(F)(F)F)cc4)cn3c2=O)n1. The Bertz CT molecular complexity index is 1190. The molecule has 3 aromatic heterocycles. The van der Waals surface area contributed by atoms with Gasteiger partial charge in [-0.05, 0) is 41.5 Å². The van der Waals surface area contributed by atoms with Gasteiger partial charge in [0.25, 0.3) is 0 Å². The van der Waals surface area contributed by atoms with Gasteiger partial charge >= 0.3 is 12.1 Å². The van der Waals surface area contributed by atoms with Gasteiger partial charge in [0.1, 0.15) is 5.75 Å². The Hall–Kier alpha value is -3.56. The van der Waals surface area contributed by atoms with E-state index in [1.54, 1.807) is 42.3 Å². The third-order valence-corrected chi connectivity index (χ3v) is 4.08. The van der Waals surface area contributed by atoms with E-state index < -0.39 is 6.36 Å². The third-order valence-electron chi connectivity index (χ3n) is 4.08. The molecular formula is C18H14F3N5O2. The highest BCUT2D eigenvalue weighted by Crippen LogP contribution is 2.26. The molecule has 0 bridgehead atoms. The lowest BCUT2D eigenvalue weighted by Gasteiger charge is -2.09. The van der Waals surface area contributed by atoms with E-state index in [0.717, 1.165) is 0 Å². The lowest BCUT2D eigenvalue weighted by molar-refractivity contribution is -0.274. The molecule has 0 N–H and O–H groups in total. The highest BCUT2D eigenvalue weighted by molar-refractivity contribution is 5.65. The van der Waals surface area contributed by atoms with Crippen LogP contribution in [0.3, 0.4) is 0 Å². The summed E-state index contributed by atoms with van der Waals surface area (Å²) in [6.45, 7) is 0.236. The first-order valence-corrected chi connectivity index (χ1v) is 8.22. The van der Waals surface area contributed by atoms with Gasteiger partial charge in [-0.1, -0.05) is 12.1 Å². The number of aromatic nitrogens is 5. The first-order chi connectivity index (χ1) is 13.3. The number of halogens is 3. The van der Waals surface area contributed by atoms with Crippen LogP contribution in [0.25, 0.3) is 16.8 Å². The van der Waals surface area contributed by atoms with Crippen molar-refractivity contribution in [1.29, 1.82) is 0 Å². The van der Waals surface area contributed by atoms with Crippen molar-refractivity contribution >= 4 is 5.65 Å². The number of hydrogen-bond acceptors (Lipinski definition) is 4. The van der Waals surface area contributed by atoms with Crippen molar-refractivity contribution in [2.75, 3.05) is 0 Å². The number of rotatable bonds is 4. The summed E-state index contributed by atoms with van der Waals surface area (Å²) in [6, 6.07) is 10.6. The summed E-state index contributed by atoms with van der Waals surface area (Å²) in [4.78, 5) is 12.6. The van der Waals surface area contributed by atoms with E-state index in [-0.39, 0.29) is 18.0 Å². The Kier molecular flexibility index (Phi) is 4.17. The molecule has 4 rings (SSSR count). The minimum Gasteiger partial charge on any atom is -0.406 e. The summed E-state index contributed by atoms with van der Waals surface area (Å²) < 4.78 is 45.0. The summed E-state index contributed by atoms with van der Waals surface area (Å²) in [5, 5.41) is 8.51. The van der Waals surface area contributed by atoms with E-state index in [1.165, 1.54) is 33.3 Å². The molecule has 0 aliphatic heterocycles. The van der Waals surface area contributed by atoms with Gasteiger partial charge in [0, 0.05) is 19.4 Å². The Labute approximate surface area is 156 Å². The maximum atomic E-state index is 12.6. The van der Waals surface area contributed by atoms with Gasteiger partial charge in [-0.2, -0.15) is 5.10 Å². The summed E-state index contributed by atoms with van der Waals surface area (Å²) in [5.41, 5.74) is 2.13. The predicted octanol–water partition coefficient (Wildman–Crippen LogP) is 2.84. The summed E-state index contributed by atoms with van der Waals surface area (Å²) in [6.07, 6.45) is -1.37. The average Bonchev–Trinajstić information content (AvgIpc) is 3.18. The molecule has 7 nitrogen and oxygen atoms in total. The van der Waals surface area contributed by atoms with Crippen LogP contribution in [0.2, 0.25) is 0 Å². The fourth-order valence-corrected chi connectivity index (χ4v) is 2.84. The molecule has 28 heavy (non-hydrogen) atoms. The van der Waals surface area contributed by atoms with Crippen LogP contribution in [0.4, 0.5) is 13.2 Å². The van der Waals surface area contributed by atoms with Crippen molar-refractivity contribution in [1.82, 2.24) is 24.0 Å². The van der Waals surface area contributed by atoms with Crippen molar-refractivity contribution in [3.05, 3.63) is 71.0 Å². The van der Waals surface area contributed by atoms with E-state index in [0.29, 0.717) is 22.5 Å². The number of hydrogen-bond donors (Lipinski definition) is 0.